The van der Waals surface area contributed by atoms with Crippen molar-refractivity contribution in [2.24, 2.45) is 0 Å². The van der Waals surface area contributed by atoms with E-state index in [1.807, 2.05) is 0 Å². The predicted molar refractivity (Wildman–Crippen MR) is 84.1 cm³/mol. The Morgan fingerprint density at radius 3 is 2.53 bits per heavy atom. The second-order valence-corrected chi connectivity index (χ2v) is 6.01. The van der Waals surface area contributed by atoms with E-state index in [4.69, 9.17) is 0 Å². The standard InChI is InChI=1S/C17H28N2/c1-5-7-18-12-15-11-16(13(2)3)17(10-14(15)4)19-8-6-9-19/h10-11,13,18H,5-9,12H2,1-4H3. The van der Waals surface area contributed by atoms with Crippen LogP contribution in [0.15, 0.2) is 12.1 Å². The van der Waals surface area contributed by atoms with Gasteiger partial charge in [-0.05, 0) is 55.0 Å². The van der Waals surface area contributed by atoms with Crippen molar-refractivity contribution in [3.63, 3.8) is 0 Å². The van der Waals surface area contributed by atoms with Gasteiger partial charge in [0, 0.05) is 25.3 Å². The molecule has 2 rings (SSSR count). The molecule has 106 valence electrons. The molecular formula is C17H28N2. The van der Waals surface area contributed by atoms with Crippen LogP contribution < -0.4 is 10.2 Å². The maximum absolute atomic E-state index is 3.52. The summed E-state index contributed by atoms with van der Waals surface area (Å²) in [5, 5.41) is 3.52. The van der Waals surface area contributed by atoms with Crippen LogP contribution >= 0.6 is 0 Å². The van der Waals surface area contributed by atoms with Gasteiger partial charge < -0.3 is 10.2 Å². The van der Waals surface area contributed by atoms with Gasteiger partial charge in [0.2, 0.25) is 0 Å². The summed E-state index contributed by atoms with van der Waals surface area (Å²) in [4.78, 5) is 2.52. The zero-order valence-electron chi connectivity index (χ0n) is 12.9. The van der Waals surface area contributed by atoms with Gasteiger partial charge in [0.1, 0.15) is 0 Å². The molecule has 1 aromatic rings. The fraction of sp³-hybridized carbons (Fsp3) is 0.647. The molecule has 1 heterocycles. The van der Waals surface area contributed by atoms with E-state index in [9.17, 15) is 0 Å². The van der Waals surface area contributed by atoms with Crippen LogP contribution in [-0.2, 0) is 6.54 Å². The Labute approximate surface area is 118 Å². The predicted octanol–water partition coefficient (Wildman–Crippen LogP) is 3.83. The molecule has 0 unspecified atom stereocenters. The molecule has 0 aromatic heterocycles. The first-order valence-corrected chi connectivity index (χ1v) is 7.72. The second kappa shape index (κ2) is 6.42. The third-order valence-corrected chi connectivity index (χ3v) is 4.05. The van der Waals surface area contributed by atoms with Crippen LogP contribution in [0.5, 0.6) is 0 Å². The topological polar surface area (TPSA) is 15.3 Å². The van der Waals surface area contributed by atoms with Crippen molar-refractivity contribution in [2.75, 3.05) is 24.5 Å². The number of hydrogen-bond donors (Lipinski definition) is 1. The van der Waals surface area contributed by atoms with Crippen LogP contribution in [0.1, 0.15) is 56.2 Å². The van der Waals surface area contributed by atoms with Crippen LogP contribution in [0, 0.1) is 6.92 Å². The minimum Gasteiger partial charge on any atom is -0.371 e. The van der Waals surface area contributed by atoms with Gasteiger partial charge in [-0.3, -0.25) is 0 Å². The largest absolute Gasteiger partial charge is 0.371 e. The number of rotatable bonds is 6. The molecule has 0 aliphatic carbocycles. The highest BCUT2D eigenvalue weighted by atomic mass is 15.2. The average molecular weight is 260 g/mol. The van der Waals surface area contributed by atoms with E-state index in [0.717, 1.165) is 13.1 Å². The molecule has 0 spiro atoms. The van der Waals surface area contributed by atoms with Gasteiger partial charge in [0.05, 0.1) is 0 Å². The summed E-state index contributed by atoms with van der Waals surface area (Å²) in [7, 11) is 0. The molecule has 0 amide bonds. The molecule has 1 aliphatic heterocycles. The molecule has 1 saturated heterocycles. The lowest BCUT2D eigenvalue weighted by molar-refractivity contribution is 0.611. The Morgan fingerprint density at radius 2 is 2.00 bits per heavy atom. The molecule has 1 aliphatic rings. The average Bonchev–Trinajstić information content (AvgIpc) is 2.29. The monoisotopic (exact) mass is 260 g/mol. The highest BCUT2D eigenvalue weighted by Crippen LogP contribution is 2.33. The van der Waals surface area contributed by atoms with E-state index >= 15 is 0 Å². The number of nitrogens with one attached hydrogen (secondary N) is 1. The molecule has 0 bridgehead atoms. The number of nitrogens with zero attached hydrogens (tertiary/aromatic N) is 1. The first-order chi connectivity index (χ1) is 9.13. The third-order valence-electron chi connectivity index (χ3n) is 4.05. The molecule has 2 heteroatoms. The zero-order chi connectivity index (χ0) is 13.8. The van der Waals surface area contributed by atoms with Crippen LogP contribution in [0.25, 0.3) is 0 Å². The molecule has 0 saturated carbocycles. The van der Waals surface area contributed by atoms with Crippen molar-refractivity contribution < 1.29 is 0 Å². The lowest BCUT2D eigenvalue weighted by atomic mass is 9.93. The summed E-state index contributed by atoms with van der Waals surface area (Å²) in [5.41, 5.74) is 5.87. The van der Waals surface area contributed by atoms with Crippen molar-refractivity contribution in [3.05, 3.63) is 28.8 Å². The van der Waals surface area contributed by atoms with Gasteiger partial charge in [-0.25, -0.2) is 0 Å². The Morgan fingerprint density at radius 1 is 1.26 bits per heavy atom. The van der Waals surface area contributed by atoms with Crippen molar-refractivity contribution in [1.29, 1.82) is 0 Å². The first kappa shape index (κ1) is 14.4. The molecule has 1 fully saturated rings. The lowest BCUT2D eigenvalue weighted by Crippen LogP contribution is -2.37. The van der Waals surface area contributed by atoms with E-state index in [1.54, 1.807) is 0 Å². The van der Waals surface area contributed by atoms with E-state index in [1.165, 1.54) is 48.3 Å². The SMILES string of the molecule is CCCNCc1cc(C(C)C)c(N2CCC2)cc1C. The molecule has 0 atom stereocenters. The van der Waals surface area contributed by atoms with Crippen LogP contribution in [0.4, 0.5) is 5.69 Å². The summed E-state index contributed by atoms with van der Waals surface area (Å²) in [6.07, 6.45) is 2.54. The highest BCUT2D eigenvalue weighted by Gasteiger charge is 2.20. The normalized spacial score (nSPS) is 14.9. The fourth-order valence-corrected chi connectivity index (χ4v) is 2.64. The number of aryl methyl sites for hydroxylation is 1. The van der Waals surface area contributed by atoms with E-state index in [-0.39, 0.29) is 0 Å². The Balaban J connectivity index is 2.23. The zero-order valence-corrected chi connectivity index (χ0v) is 12.9. The Hall–Kier alpha value is -1.02. The van der Waals surface area contributed by atoms with Crippen molar-refractivity contribution in [1.82, 2.24) is 5.32 Å². The van der Waals surface area contributed by atoms with Crippen LogP contribution in [0.3, 0.4) is 0 Å². The number of anilines is 1. The molecule has 2 nitrogen and oxygen atoms in total. The summed E-state index contributed by atoms with van der Waals surface area (Å²) in [5.74, 6) is 0.598. The highest BCUT2D eigenvalue weighted by molar-refractivity contribution is 5.60. The maximum Gasteiger partial charge on any atom is 0.0404 e. The smallest absolute Gasteiger partial charge is 0.0404 e. The summed E-state index contributed by atoms with van der Waals surface area (Å²) < 4.78 is 0. The molecular weight excluding hydrogens is 232 g/mol. The van der Waals surface area contributed by atoms with Crippen molar-refractivity contribution >= 4 is 5.69 Å². The van der Waals surface area contributed by atoms with Crippen molar-refractivity contribution in [2.45, 2.75) is 53.0 Å². The number of hydrogen-bond acceptors (Lipinski definition) is 2. The van der Waals surface area contributed by atoms with Crippen molar-refractivity contribution in [3.8, 4) is 0 Å². The maximum atomic E-state index is 3.52. The summed E-state index contributed by atoms with van der Waals surface area (Å²) >= 11 is 0. The quantitative estimate of drug-likeness (QED) is 0.782. The van der Waals surface area contributed by atoms with E-state index < -0.39 is 0 Å². The molecule has 1 aromatic carbocycles. The van der Waals surface area contributed by atoms with Crippen LogP contribution in [-0.4, -0.2) is 19.6 Å². The minimum atomic E-state index is 0.598. The molecule has 0 radical (unpaired) electrons. The first-order valence-electron chi connectivity index (χ1n) is 7.72. The van der Waals surface area contributed by atoms with E-state index in [0.29, 0.717) is 5.92 Å². The summed E-state index contributed by atoms with van der Waals surface area (Å²) in [6, 6.07) is 4.83. The van der Waals surface area contributed by atoms with Crippen LogP contribution in [0.2, 0.25) is 0 Å². The molecule has 1 N–H and O–H groups in total. The van der Waals surface area contributed by atoms with Gasteiger partial charge in [0.15, 0.2) is 0 Å². The second-order valence-electron chi connectivity index (χ2n) is 6.01. The minimum absolute atomic E-state index is 0.598. The Kier molecular flexibility index (Phi) is 4.87. The third kappa shape index (κ3) is 3.30. The van der Waals surface area contributed by atoms with Gasteiger partial charge >= 0.3 is 0 Å². The van der Waals surface area contributed by atoms with Gasteiger partial charge in [-0.15, -0.1) is 0 Å². The number of benzene rings is 1. The van der Waals surface area contributed by atoms with Gasteiger partial charge in [0.25, 0.3) is 0 Å². The van der Waals surface area contributed by atoms with E-state index in [2.05, 4.69) is 50.0 Å². The molecule has 19 heavy (non-hydrogen) atoms. The summed E-state index contributed by atoms with van der Waals surface area (Å²) in [6.45, 7) is 13.6. The fourth-order valence-electron chi connectivity index (χ4n) is 2.64. The van der Waals surface area contributed by atoms with Gasteiger partial charge in [-0.1, -0.05) is 26.8 Å². The van der Waals surface area contributed by atoms with Gasteiger partial charge in [-0.2, -0.15) is 0 Å². The Bertz CT molecular complexity index is 420. The lowest BCUT2D eigenvalue weighted by Gasteiger charge is -2.36.